The number of hydrazine groups is 1. The summed E-state index contributed by atoms with van der Waals surface area (Å²) in [4.78, 5) is 14.6. The Morgan fingerprint density at radius 3 is 2.41 bits per heavy atom. The van der Waals surface area contributed by atoms with Crippen molar-refractivity contribution in [1.82, 2.24) is 20.2 Å². The van der Waals surface area contributed by atoms with Crippen LogP contribution in [0.5, 0.6) is 0 Å². The van der Waals surface area contributed by atoms with Gasteiger partial charge in [0.1, 0.15) is 0 Å². The number of thiophene rings is 1. The molecular formula is C29H23Cl2F3N4O2S. The summed E-state index contributed by atoms with van der Waals surface area (Å²) in [6, 6.07) is 13.0. The fourth-order valence-corrected chi connectivity index (χ4v) is 5.88. The van der Waals surface area contributed by atoms with Crippen LogP contribution in [0.4, 0.5) is 13.2 Å². The highest BCUT2D eigenvalue weighted by Gasteiger charge is 2.30. The zero-order valence-corrected chi connectivity index (χ0v) is 23.8. The summed E-state index contributed by atoms with van der Waals surface area (Å²) < 4.78 is 40.1. The van der Waals surface area contributed by atoms with E-state index in [1.807, 2.05) is 5.01 Å². The Balaban J connectivity index is 1.53. The SMILES string of the molecule is O=C(NN1CCCCC1)c1nn(-c2ccc(Cl)cc2Cl)c(-c2ccc(C#Cc3ccc(C(F)(F)F)cc3)s2)c1CO. The first-order valence-electron chi connectivity index (χ1n) is 12.7. The minimum Gasteiger partial charge on any atom is -0.392 e. The number of aliphatic hydroxyl groups excluding tert-OH is 1. The Hall–Kier alpha value is -3.33. The van der Waals surface area contributed by atoms with Gasteiger partial charge in [-0.3, -0.25) is 10.2 Å². The molecule has 0 unspecified atom stereocenters. The molecule has 2 aromatic heterocycles. The predicted octanol–water partition coefficient (Wildman–Crippen LogP) is 6.95. The predicted molar refractivity (Wildman–Crippen MR) is 153 cm³/mol. The standard InChI is InChI=1S/C29H23Cl2F3N4O2S/c30-20-9-12-24(23(31)16-20)38-27(22(17-39)26(35-38)28(40)36-37-14-2-1-3-15-37)25-13-11-21(41-25)10-6-18-4-7-19(8-5-18)29(32,33)34/h4-5,7-9,11-13,16,39H,1-3,14-15,17H2,(H,36,40). The van der Waals surface area contributed by atoms with E-state index >= 15 is 0 Å². The molecule has 0 radical (unpaired) electrons. The van der Waals surface area contributed by atoms with E-state index in [2.05, 4.69) is 22.4 Å². The lowest BCUT2D eigenvalue weighted by Crippen LogP contribution is -2.45. The van der Waals surface area contributed by atoms with E-state index in [-0.39, 0.29) is 5.69 Å². The van der Waals surface area contributed by atoms with Crippen molar-refractivity contribution < 1.29 is 23.1 Å². The van der Waals surface area contributed by atoms with E-state index in [4.69, 9.17) is 23.2 Å². The van der Waals surface area contributed by atoms with Crippen LogP contribution >= 0.6 is 34.5 Å². The molecule has 1 fully saturated rings. The normalized spacial score (nSPS) is 14.0. The molecule has 0 atom stereocenters. The van der Waals surface area contributed by atoms with Gasteiger partial charge in [0.15, 0.2) is 5.69 Å². The Bertz CT molecular complexity index is 1630. The number of amides is 1. The lowest BCUT2D eigenvalue weighted by Gasteiger charge is -2.26. The zero-order valence-electron chi connectivity index (χ0n) is 21.4. The van der Waals surface area contributed by atoms with E-state index < -0.39 is 24.3 Å². The molecule has 2 aromatic carbocycles. The number of aliphatic hydroxyl groups is 1. The third kappa shape index (κ3) is 6.61. The molecule has 1 aliphatic heterocycles. The van der Waals surface area contributed by atoms with Gasteiger partial charge in [-0.25, -0.2) is 9.69 Å². The number of nitrogens with one attached hydrogen (secondary N) is 1. The summed E-state index contributed by atoms with van der Waals surface area (Å²) in [5, 5.41) is 17.6. The highest BCUT2D eigenvalue weighted by atomic mass is 35.5. The van der Waals surface area contributed by atoms with Crippen LogP contribution in [-0.2, 0) is 12.8 Å². The molecular weight excluding hydrogens is 596 g/mol. The molecule has 41 heavy (non-hydrogen) atoms. The Morgan fingerprint density at radius 1 is 1.02 bits per heavy atom. The van der Waals surface area contributed by atoms with Crippen LogP contribution in [-0.4, -0.2) is 38.9 Å². The number of hydrogen-bond donors (Lipinski definition) is 2. The number of benzene rings is 2. The summed E-state index contributed by atoms with van der Waals surface area (Å²) in [5.74, 6) is 5.41. The van der Waals surface area contributed by atoms with Crippen LogP contribution in [0.3, 0.4) is 0 Å². The van der Waals surface area contributed by atoms with E-state index in [1.165, 1.54) is 28.2 Å². The van der Waals surface area contributed by atoms with E-state index in [0.29, 0.717) is 42.3 Å². The number of carbonyl (C=O) groups excluding carboxylic acids is 1. The van der Waals surface area contributed by atoms with Gasteiger partial charge in [0.05, 0.1) is 38.3 Å². The molecule has 0 bridgehead atoms. The molecule has 2 N–H and O–H groups in total. The molecule has 0 saturated carbocycles. The first-order valence-corrected chi connectivity index (χ1v) is 14.2. The molecule has 1 amide bonds. The van der Waals surface area contributed by atoms with E-state index in [9.17, 15) is 23.1 Å². The summed E-state index contributed by atoms with van der Waals surface area (Å²) in [6.07, 6.45) is -1.37. The molecule has 1 saturated heterocycles. The number of aromatic nitrogens is 2. The summed E-state index contributed by atoms with van der Waals surface area (Å²) >= 11 is 13.9. The molecule has 0 aliphatic carbocycles. The molecule has 4 aromatic rings. The van der Waals surface area contributed by atoms with Crippen LogP contribution in [0.2, 0.25) is 10.0 Å². The summed E-state index contributed by atoms with van der Waals surface area (Å²) in [6.45, 7) is 0.985. The van der Waals surface area contributed by atoms with Crippen molar-refractivity contribution in [2.24, 2.45) is 0 Å². The van der Waals surface area contributed by atoms with Crippen LogP contribution in [0, 0.1) is 11.8 Å². The second kappa shape index (κ2) is 12.3. The van der Waals surface area contributed by atoms with Gasteiger partial charge in [0.2, 0.25) is 0 Å². The highest BCUT2D eigenvalue weighted by molar-refractivity contribution is 7.16. The average Bonchev–Trinajstić information content (AvgIpc) is 3.57. The van der Waals surface area contributed by atoms with Crippen LogP contribution < -0.4 is 5.43 Å². The number of halogens is 5. The summed E-state index contributed by atoms with van der Waals surface area (Å²) in [7, 11) is 0. The maximum Gasteiger partial charge on any atom is 0.416 e. The van der Waals surface area contributed by atoms with Crippen molar-refractivity contribution in [3.63, 3.8) is 0 Å². The van der Waals surface area contributed by atoms with Gasteiger partial charge in [0, 0.05) is 29.2 Å². The van der Waals surface area contributed by atoms with E-state index in [1.54, 1.807) is 30.3 Å². The van der Waals surface area contributed by atoms with Crippen molar-refractivity contribution in [1.29, 1.82) is 0 Å². The van der Waals surface area contributed by atoms with Gasteiger partial charge in [-0.2, -0.15) is 18.3 Å². The maximum absolute atomic E-state index is 13.3. The van der Waals surface area contributed by atoms with Gasteiger partial charge < -0.3 is 5.11 Å². The lowest BCUT2D eigenvalue weighted by molar-refractivity contribution is -0.137. The molecule has 212 valence electrons. The highest BCUT2D eigenvalue weighted by Crippen LogP contribution is 2.36. The van der Waals surface area contributed by atoms with Gasteiger partial charge in [-0.05, 0) is 67.4 Å². The average molecular weight is 619 g/mol. The van der Waals surface area contributed by atoms with Crippen molar-refractivity contribution in [2.45, 2.75) is 32.0 Å². The molecule has 6 nitrogen and oxygen atoms in total. The topological polar surface area (TPSA) is 70.4 Å². The fraction of sp³-hybridized carbons (Fsp3) is 0.241. The van der Waals surface area contributed by atoms with Crippen LogP contribution in [0.25, 0.3) is 16.3 Å². The van der Waals surface area contributed by atoms with E-state index in [0.717, 1.165) is 44.5 Å². The Kier molecular flexibility index (Phi) is 8.73. The second-order valence-corrected chi connectivity index (χ2v) is 11.2. The first-order chi connectivity index (χ1) is 19.6. The van der Waals surface area contributed by atoms with Gasteiger partial charge in [-0.1, -0.05) is 41.5 Å². The van der Waals surface area contributed by atoms with Gasteiger partial charge in [0.25, 0.3) is 5.91 Å². The minimum absolute atomic E-state index is 0.0601. The second-order valence-electron chi connectivity index (χ2n) is 9.32. The first kappa shape index (κ1) is 29.2. The number of piperidine rings is 1. The number of carbonyl (C=O) groups is 1. The Labute approximate surface area is 248 Å². The molecule has 3 heterocycles. The van der Waals surface area contributed by atoms with Crippen molar-refractivity contribution in [3.8, 4) is 28.1 Å². The quantitative estimate of drug-likeness (QED) is 0.238. The molecule has 1 aliphatic rings. The third-order valence-corrected chi connectivity index (χ3v) is 8.04. The van der Waals surface area contributed by atoms with Crippen molar-refractivity contribution in [2.75, 3.05) is 13.1 Å². The van der Waals surface area contributed by atoms with Crippen LogP contribution in [0.1, 0.15) is 51.3 Å². The molecule has 0 spiro atoms. The monoisotopic (exact) mass is 618 g/mol. The maximum atomic E-state index is 13.3. The largest absolute Gasteiger partial charge is 0.416 e. The summed E-state index contributed by atoms with van der Waals surface area (Å²) in [5.41, 5.74) is 3.89. The zero-order chi connectivity index (χ0) is 29.1. The van der Waals surface area contributed by atoms with Crippen molar-refractivity contribution >= 4 is 40.4 Å². The Morgan fingerprint density at radius 2 is 1.76 bits per heavy atom. The van der Waals surface area contributed by atoms with Crippen molar-refractivity contribution in [3.05, 3.63) is 91.9 Å². The van der Waals surface area contributed by atoms with Gasteiger partial charge in [-0.15, -0.1) is 11.3 Å². The molecule has 5 rings (SSSR count). The fourth-order valence-electron chi connectivity index (χ4n) is 4.47. The third-order valence-electron chi connectivity index (χ3n) is 6.49. The number of alkyl halides is 3. The minimum atomic E-state index is -4.42. The smallest absolute Gasteiger partial charge is 0.392 e. The lowest BCUT2D eigenvalue weighted by atomic mass is 10.1. The number of hydrogen-bond acceptors (Lipinski definition) is 5. The molecule has 12 heteroatoms. The van der Waals surface area contributed by atoms with Crippen LogP contribution in [0.15, 0.2) is 54.6 Å². The number of nitrogens with zero attached hydrogens (tertiary/aromatic N) is 3. The van der Waals surface area contributed by atoms with Gasteiger partial charge >= 0.3 is 6.18 Å². The number of rotatable bonds is 5.